The van der Waals surface area contributed by atoms with Crippen molar-refractivity contribution < 1.29 is 23.9 Å². The first kappa shape index (κ1) is 25.8. The lowest BCUT2D eigenvalue weighted by molar-refractivity contribution is -0.127. The van der Waals surface area contributed by atoms with E-state index in [2.05, 4.69) is 21.2 Å². The molecule has 9 heteroatoms. The third kappa shape index (κ3) is 6.21. The van der Waals surface area contributed by atoms with Crippen molar-refractivity contribution in [3.63, 3.8) is 0 Å². The topological polar surface area (TPSA) is 84.9 Å². The number of aryl methyl sites for hydroxylation is 2. The maximum Gasteiger partial charge on any atom is 0.294 e. The Balaban J connectivity index is 1.77. The van der Waals surface area contributed by atoms with Crippen LogP contribution < -0.4 is 14.8 Å². The van der Waals surface area contributed by atoms with E-state index in [9.17, 15) is 14.4 Å². The standard InChI is InChI=1S/C25H27BrN2O5S/c1-6-32-20-11-17(10-19(26)23(20)33-14(2)3)12-21-24(30)28(25(31)34-21)13-22(29)27-18-8-7-15(4)16(5)9-18/h7-12,14H,6,13H2,1-5H3,(H,27,29)/b21-12+. The number of amides is 3. The van der Waals surface area contributed by atoms with Crippen molar-refractivity contribution in [1.29, 1.82) is 0 Å². The van der Waals surface area contributed by atoms with Crippen LogP contribution in [0.3, 0.4) is 0 Å². The van der Waals surface area contributed by atoms with Gasteiger partial charge in [-0.1, -0.05) is 6.07 Å². The van der Waals surface area contributed by atoms with E-state index in [4.69, 9.17) is 9.47 Å². The van der Waals surface area contributed by atoms with Gasteiger partial charge in [-0.3, -0.25) is 19.3 Å². The molecular formula is C25H27BrN2O5S. The highest BCUT2D eigenvalue weighted by molar-refractivity contribution is 9.10. The van der Waals surface area contributed by atoms with Gasteiger partial charge in [0.15, 0.2) is 11.5 Å². The molecule has 0 saturated carbocycles. The number of halogens is 1. The zero-order chi connectivity index (χ0) is 25.0. The van der Waals surface area contributed by atoms with Crippen LogP contribution in [0.1, 0.15) is 37.5 Å². The Hall–Kier alpha value is -2.78. The number of carbonyl (C=O) groups excluding carboxylic acids is 3. The van der Waals surface area contributed by atoms with Crippen LogP contribution in [0.25, 0.3) is 6.08 Å². The number of carbonyl (C=O) groups is 3. The molecule has 3 rings (SSSR count). The summed E-state index contributed by atoms with van der Waals surface area (Å²) >= 11 is 4.30. The largest absolute Gasteiger partial charge is 0.490 e. The third-order valence-electron chi connectivity index (χ3n) is 4.95. The van der Waals surface area contributed by atoms with Gasteiger partial charge in [-0.05, 0) is 109 Å². The van der Waals surface area contributed by atoms with Gasteiger partial charge in [0.25, 0.3) is 11.1 Å². The Kier molecular flexibility index (Phi) is 8.43. The molecule has 0 aliphatic carbocycles. The van der Waals surface area contributed by atoms with Gasteiger partial charge in [-0.15, -0.1) is 0 Å². The fourth-order valence-corrected chi connectivity index (χ4v) is 4.63. The Morgan fingerprint density at radius 3 is 2.56 bits per heavy atom. The Morgan fingerprint density at radius 1 is 1.18 bits per heavy atom. The van der Waals surface area contributed by atoms with Gasteiger partial charge >= 0.3 is 0 Å². The third-order valence-corrected chi connectivity index (χ3v) is 6.45. The molecule has 0 aromatic heterocycles. The molecule has 7 nitrogen and oxygen atoms in total. The van der Waals surface area contributed by atoms with Gasteiger partial charge < -0.3 is 14.8 Å². The maximum absolute atomic E-state index is 12.9. The summed E-state index contributed by atoms with van der Waals surface area (Å²) in [6, 6.07) is 9.09. The van der Waals surface area contributed by atoms with E-state index in [0.29, 0.717) is 33.8 Å². The van der Waals surface area contributed by atoms with Crippen molar-refractivity contribution in [3.8, 4) is 11.5 Å². The molecule has 180 valence electrons. The van der Waals surface area contributed by atoms with Crippen molar-refractivity contribution in [2.24, 2.45) is 0 Å². The lowest BCUT2D eigenvalue weighted by atomic mass is 10.1. The highest BCUT2D eigenvalue weighted by Gasteiger charge is 2.36. The molecule has 0 radical (unpaired) electrons. The first-order valence-corrected chi connectivity index (χ1v) is 12.5. The van der Waals surface area contributed by atoms with E-state index in [0.717, 1.165) is 27.8 Å². The smallest absolute Gasteiger partial charge is 0.294 e. The van der Waals surface area contributed by atoms with Crippen LogP contribution in [0.15, 0.2) is 39.7 Å². The van der Waals surface area contributed by atoms with Crippen molar-refractivity contribution in [2.75, 3.05) is 18.5 Å². The van der Waals surface area contributed by atoms with E-state index in [-0.39, 0.29) is 17.6 Å². The van der Waals surface area contributed by atoms with Crippen LogP contribution in [0.5, 0.6) is 11.5 Å². The zero-order valence-electron chi connectivity index (χ0n) is 19.7. The number of hydrogen-bond donors (Lipinski definition) is 1. The Morgan fingerprint density at radius 2 is 1.91 bits per heavy atom. The summed E-state index contributed by atoms with van der Waals surface area (Å²) in [7, 11) is 0. The molecule has 1 aliphatic heterocycles. The summed E-state index contributed by atoms with van der Waals surface area (Å²) in [5.41, 5.74) is 3.43. The van der Waals surface area contributed by atoms with Crippen LogP contribution in [0, 0.1) is 13.8 Å². The number of anilines is 1. The molecule has 1 N–H and O–H groups in total. The molecule has 0 bridgehead atoms. The van der Waals surface area contributed by atoms with E-state index >= 15 is 0 Å². The number of nitrogens with one attached hydrogen (secondary N) is 1. The molecule has 1 aliphatic rings. The van der Waals surface area contributed by atoms with Crippen molar-refractivity contribution >= 4 is 56.5 Å². The van der Waals surface area contributed by atoms with E-state index < -0.39 is 17.1 Å². The second-order valence-corrected chi connectivity index (χ2v) is 9.89. The average Bonchev–Trinajstić information content (AvgIpc) is 3.00. The zero-order valence-corrected chi connectivity index (χ0v) is 22.1. The van der Waals surface area contributed by atoms with Crippen LogP contribution in [-0.4, -0.2) is 41.2 Å². The fraction of sp³-hybridized carbons (Fsp3) is 0.320. The summed E-state index contributed by atoms with van der Waals surface area (Å²) in [6.45, 7) is 9.72. The second-order valence-electron chi connectivity index (χ2n) is 8.04. The molecule has 1 fully saturated rings. The van der Waals surface area contributed by atoms with Crippen LogP contribution in [0.2, 0.25) is 0 Å². The molecule has 0 unspecified atom stereocenters. The SMILES string of the molecule is CCOc1cc(/C=C2/SC(=O)N(CC(=O)Nc3ccc(C)c(C)c3)C2=O)cc(Br)c1OC(C)C. The summed E-state index contributed by atoms with van der Waals surface area (Å²) in [5.74, 6) is 0.152. The molecular weight excluding hydrogens is 520 g/mol. The van der Waals surface area contributed by atoms with Crippen LogP contribution in [0.4, 0.5) is 10.5 Å². The first-order chi connectivity index (χ1) is 16.1. The summed E-state index contributed by atoms with van der Waals surface area (Å²) < 4.78 is 12.2. The van der Waals surface area contributed by atoms with Crippen LogP contribution in [-0.2, 0) is 9.59 Å². The number of benzene rings is 2. The van der Waals surface area contributed by atoms with E-state index in [1.54, 1.807) is 24.3 Å². The summed E-state index contributed by atoms with van der Waals surface area (Å²) in [4.78, 5) is 39.0. The molecule has 34 heavy (non-hydrogen) atoms. The van der Waals surface area contributed by atoms with Gasteiger partial charge in [0.1, 0.15) is 6.54 Å². The predicted molar refractivity (Wildman–Crippen MR) is 138 cm³/mol. The number of ether oxygens (including phenoxy) is 2. The summed E-state index contributed by atoms with van der Waals surface area (Å²) in [5, 5.41) is 2.25. The van der Waals surface area contributed by atoms with E-state index in [1.807, 2.05) is 46.8 Å². The summed E-state index contributed by atoms with van der Waals surface area (Å²) in [6.07, 6.45) is 1.56. The molecule has 1 saturated heterocycles. The van der Waals surface area contributed by atoms with Gasteiger partial charge in [0, 0.05) is 5.69 Å². The number of nitrogens with zero attached hydrogens (tertiary/aromatic N) is 1. The normalized spacial score (nSPS) is 14.8. The molecule has 0 atom stereocenters. The van der Waals surface area contributed by atoms with Gasteiger partial charge in [-0.2, -0.15) is 0 Å². The Bertz CT molecular complexity index is 1160. The molecule has 3 amide bonds. The minimum absolute atomic E-state index is 0.0483. The fourth-order valence-electron chi connectivity index (χ4n) is 3.24. The highest BCUT2D eigenvalue weighted by atomic mass is 79.9. The monoisotopic (exact) mass is 546 g/mol. The minimum Gasteiger partial charge on any atom is -0.490 e. The number of rotatable bonds is 8. The molecule has 2 aromatic carbocycles. The highest BCUT2D eigenvalue weighted by Crippen LogP contribution is 2.39. The van der Waals surface area contributed by atoms with E-state index in [1.165, 1.54) is 0 Å². The van der Waals surface area contributed by atoms with Crippen LogP contribution >= 0.6 is 27.7 Å². The second kappa shape index (κ2) is 11.1. The predicted octanol–water partition coefficient (Wildman–Crippen LogP) is 5.93. The van der Waals surface area contributed by atoms with Gasteiger partial charge in [0.05, 0.1) is 22.1 Å². The molecule has 0 spiro atoms. The van der Waals surface area contributed by atoms with Crippen molar-refractivity contribution in [1.82, 2.24) is 4.90 Å². The molecule has 1 heterocycles. The number of hydrogen-bond acceptors (Lipinski definition) is 6. The van der Waals surface area contributed by atoms with Gasteiger partial charge in [-0.25, -0.2) is 0 Å². The quantitative estimate of drug-likeness (QED) is 0.413. The average molecular weight is 547 g/mol. The van der Waals surface area contributed by atoms with Crippen molar-refractivity contribution in [2.45, 2.75) is 40.7 Å². The minimum atomic E-state index is -0.512. The maximum atomic E-state index is 12.9. The number of thioether (sulfide) groups is 1. The Labute approximate surface area is 212 Å². The molecule has 2 aromatic rings. The number of imide groups is 1. The van der Waals surface area contributed by atoms with Gasteiger partial charge in [0.2, 0.25) is 5.91 Å². The lowest BCUT2D eigenvalue weighted by Crippen LogP contribution is -2.36. The lowest BCUT2D eigenvalue weighted by Gasteiger charge is -2.17. The van der Waals surface area contributed by atoms with Crippen molar-refractivity contribution in [3.05, 3.63) is 56.4 Å². The first-order valence-electron chi connectivity index (χ1n) is 10.8.